The average Bonchev–Trinajstić information content (AvgIpc) is 2.78. The molecule has 1 unspecified atom stereocenters. The van der Waals surface area contributed by atoms with Gasteiger partial charge in [0.15, 0.2) is 15.0 Å². The Balaban J connectivity index is 1.90. The van der Waals surface area contributed by atoms with Gasteiger partial charge in [0, 0.05) is 5.02 Å². The lowest BCUT2D eigenvalue weighted by Gasteiger charge is -2.23. The van der Waals surface area contributed by atoms with Crippen molar-refractivity contribution in [3.8, 4) is 0 Å². The van der Waals surface area contributed by atoms with Crippen molar-refractivity contribution in [2.45, 2.75) is 18.9 Å². The van der Waals surface area contributed by atoms with Crippen LogP contribution in [0.2, 0.25) is 5.02 Å². The standard InChI is InChI=1S/C12H13ClN2O2S2/c1-12(4-5-19(16,17)7-12)15-11-14-9-3-2-8(13)6-10(9)18-11/h2-3,6H,4-5,7H2,1H3,(H,14,15). The number of hydrogen-bond donors (Lipinski definition) is 1. The van der Waals surface area contributed by atoms with E-state index in [-0.39, 0.29) is 11.5 Å². The van der Waals surface area contributed by atoms with Gasteiger partial charge in [-0.3, -0.25) is 0 Å². The van der Waals surface area contributed by atoms with E-state index in [1.165, 1.54) is 11.3 Å². The van der Waals surface area contributed by atoms with Crippen LogP contribution in [0.5, 0.6) is 0 Å². The quantitative estimate of drug-likeness (QED) is 0.925. The summed E-state index contributed by atoms with van der Waals surface area (Å²) in [6, 6.07) is 5.54. The SMILES string of the molecule is CC1(Nc2nc3ccc(Cl)cc3s2)CCS(=O)(=O)C1. The van der Waals surface area contributed by atoms with Crippen molar-refractivity contribution in [2.24, 2.45) is 0 Å². The zero-order chi connectivity index (χ0) is 13.7. The first-order valence-electron chi connectivity index (χ1n) is 5.90. The number of sulfone groups is 1. The summed E-state index contributed by atoms with van der Waals surface area (Å²) < 4.78 is 24.2. The molecule has 4 nitrogen and oxygen atoms in total. The fraction of sp³-hybridized carbons (Fsp3) is 0.417. The van der Waals surface area contributed by atoms with Gasteiger partial charge in [0.05, 0.1) is 27.3 Å². The third-order valence-electron chi connectivity index (χ3n) is 3.26. The third kappa shape index (κ3) is 2.70. The van der Waals surface area contributed by atoms with E-state index < -0.39 is 15.4 Å². The van der Waals surface area contributed by atoms with E-state index in [9.17, 15) is 8.42 Å². The number of thiazole rings is 1. The van der Waals surface area contributed by atoms with Crippen molar-refractivity contribution < 1.29 is 8.42 Å². The van der Waals surface area contributed by atoms with Crippen molar-refractivity contribution in [3.05, 3.63) is 23.2 Å². The molecule has 0 bridgehead atoms. The molecule has 1 N–H and O–H groups in total. The van der Waals surface area contributed by atoms with Gasteiger partial charge in [0.2, 0.25) is 0 Å². The summed E-state index contributed by atoms with van der Waals surface area (Å²) in [6.45, 7) is 1.93. The van der Waals surface area contributed by atoms with Crippen LogP contribution in [-0.2, 0) is 9.84 Å². The normalized spacial score (nSPS) is 25.8. The molecule has 1 aliphatic rings. The number of halogens is 1. The maximum atomic E-state index is 11.6. The maximum absolute atomic E-state index is 11.6. The first-order valence-corrected chi connectivity index (χ1v) is 8.92. The number of anilines is 1. The van der Waals surface area contributed by atoms with Crippen molar-refractivity contribution in [1.82, 2.24) is 4.98 Å². The van der Waals surface area contributed by atoms with Crippen LogP contribution < -0.4 is 5.32 Å². The highest BCUT2D eigenvalue weighted by Gasteiger charge is 2.38. The summed E-state index contributed by atoms with van der Waals surface area (Å²) in [7, 11) is -2.92. The average molecular weight is 317 g/mol. The zero-order valence-corrected chi connectivity index (χ0v) is 12.7. The first kappa shape index (κ1) is 13.1. The summed E-state index contributed by atoms with van der Waals surface area (Å²) in [6.07, 6.45) is 0.617. The second kappa shape index (κ2) is 4.33. The minimum atomic E-state index is -2.92. The molecule has 7 heteroatoms. The van der Waals surface area contributed by atoms with Crippen LogP contribution in [0.1, 0.15) is 13.3 Å². The summed E-state index contributed by atoms with van der Waals surface area (Å²) in [4.78, 5) is 4.46. The van der Waals surface area contributed by atoms with Crippen molar-refractivity contribution in [1.29, 1.82) is 0 Å². The molecule has 102 valence electrons. The van der Waals surface area contributed by atoms with Crippen LogP contribution in [0.25, 0.3) is 10.2 Å². The summed E-state index contributed by atoms with van der Waals surface area (Å²) >= 11 is 7.44. The Hall–Kier alpha value is -0.850. The smallest absolute Gasteiger partial charge is 0.184 e. The molecule has 1 saturated heterocycles. The molecule has 3 rings (SSSR count). The van der Waals surface area contributed by atoms with E-state index in [4.69, 9.17) is 11.6 Å². The van der Waals surface area contributed by atoms with E-state index in [1.807, 2.05) is 19.1 Å². The van der Waals surface area contributed by atoms with E-state index in [0.717, 1.165) is 15.3 Å². The molecule has 1 fully saturated rings. The number of nitrogens with one attached hydrogen (secondary N) is 1. The molecule has 0 saturated carbocycles. The Morgan fingerprint density at radius 3 is 2.95 bits per heavy atom. The molecule has 2 heterocycles. The van der Waals surface area contributed by atoms with Gasteiger partial charge in [-0.05, 0) is 31.5 Å². The number of fused-ring (bicyclic) bond motifs is 1. The Morgan fingerprint density at radius 2 is 2.26 bits per heavy atom. The molecule has 0 spiro atoms. The van der Waals surface area contributed by atoms with Crippen molar-refractivity contribution in [2.75, 3.05) is 16.8 Å². The van der Waals surface area contributed by atoms with E-state index >= 15 is 0 Å². The summed E-state index contributed by atoms with van der Waals surface area (Å²) in [5, 5.41) is 4.69. The van der Waals surface area contributed by atoms with Crippen LogP contribution in [0.3, 0.4) is 0 Å². The monoisotopic (exact) mass is 316 g/mol. The molecule has 0 amide bonds. The van der Waals surface area contributed by atoms with Crippen LogP contribution in [-0.4, -0.2) is 30.4 Å². The lowest BCUT2D eigenvalue weighted by Crippen LogP contribution is -2.35. The van der Waals surface area contributed by atoms with E-state index in [2.05, 4.69) is 10.3 Å². The topological polar surface area (TPSA) is 59.1 Å². The minimum absolute atomic E-state index is 0.163. The zero-order valence-electron chi connectivity index (χ0n) is 10.3. The maximum Gasteiger partial charge on any atom is 0.184 e. The molecule has 1 aromatic heterocycles. The molecule has 1 atom stereocenters. The third-order valence-corrected chi connectivity index (χ3v) is 6.33. The van der Waals surface area contributed by atoms with Gasteiger partial charge in [-0.15, -0.1) is 0 Å². The van der Waals surface area contributed by atoms with Gasteiger partial charge in [-0.25, -0.2) is 13.4 Å². The largest absolute Gasteiger partial charge is 0.355 e. The predicted octanol–water partition coefficient (Wildman–Crippen LogP) is 2.94. The Bertz CT molecular complexity index is 741. The molecule has 1 aliphatic heterocycles. The lowest BCUT2D eigenvalue weighted by molar-refractivity contribution is 0.574. The van der Waals surface area contributed by atoms with Crippen LogP contribution >= 0.6 is 22.9 Å². The molecule has 0 aliphatic carbocycles. The fourth-order valence-corrected chi connectivity index (χ4v) is 5.70. The Labute approximate surface area is 120 Å². The molecule has 19 heavy (non-hydrogen) atoms. The Morgan fingerprint density at radius 1 is 1.47 bits per heavy atom. The van der Waals surface area contributed by atoms with Crippen LogP contribution in [0.4, 0.5) is 5.13 Å². The lowest BCUT2D eigenvalue weighted by atomic mass is 10.0. The highest BCUT2D eigenvalue weighted by Crippen LogP contribution is 2.33. The van der Waals surface area contributed by atoms with Gasteiger partial charge < -0.3 is 5.32 Å². The van der Waals surface area contributed by atoms with Gasteiger partial charge in [-0.1, -0.05) is 22.9 Å². The predicted molar refractivity (Wildman–Crippen MR) is 79.9 cm³/mol. The van der Waals surface area contributed by atoms with Crippen LogP contribution in [0, 0.1) is 0 Å². The molecule has 1 aromatic carbocycles. The summed E-state index contributed by atoms with van der Waals surface area (Å²) in [5.41, 5.74) is 0.456. The van der Waals surface area contributed by atoms with Crippen LogP contribution in [0.15, 0.2) is 18.2 Å². The van der Waals surface area contributed by atoms with Crippen molar-refractivity contribution in [3.63, 3.8) is 0 Å². The molecular formula is C12H13ClN2O2S2. The fourth-order valence-electron chi connectivity index (χ4n) is 2.32. The number of hydrogen-bond acceptors (Lipinski definition) is 5. The number of nitrogens with zero attached hydrogens (tertiary/aromatic N) is 1. The van der Waals surface area contributed by atoms with Gasteiger partial charge in [-0.2, -0.15) is 0 Å². The summed E-state index contributed by atoms with van der Waals surface area (Å²) in [5.74, 6) is 0.407. The number of aromatic nitrogens is 1. The first-order chi connectivity index (χ1) is 8.85. The Kier molecular flexibility index (Phi) is 2.99. The number of benzene rings is 1. The number of rotatable bonds is 2. The minimum Gasteiger partial charge on any atom is -0.355 e. The molecule has 0 radical (unpaired) electrons. The van der Waals surface area contributed by atoms with Crippen molar-refractivity contribution >= 4 is 48.1 Å². The second-order valence-corrected chi connectivity index (χ2v) is 8.81. The van der Waals surface area contributed by atoms with E-state index in [1.54, 1.807) is 6.07 Å². The molecular weight excluding hydrogens is 304 g/mol. The van der Waals surface area contributed by atoms with Gasteiger partial charge in [0.1, 0.15) is 0 Å². The molecule has 2 aromatic rings. The second-order valence-electron chi connectivity index (χ2n) is 5.16. The highest BCUT2D eigenvalue weighted by molar-refractivity contribution is 7.91. The van der Waals surface area contributed by atoms with Gasteiger partial charge >= 0.3 is 0 Å². The van der Waals surface area contributed by atoms with E-state index in [0.29, 0.717) is 11.4 Å². The highest BCUT2D eigenvalue weighted by atomic mass is 35.5. The van der Waals surface area contributed by atoms with Gasteiger partial charge in [0.25, 0.3) is 0 Å².